The van der Waals surface area contributed by atoms with E-state index in [1.54, 1.807) is 21.0 Å². The third-order valence-electron chi connectivity index (χ3n) is 3.13. The van der Waals surface area contributed by atoms with Gasteiger partial charge in [-0.25, -0.2) is 0 Å². The van der Waals surface area contributed by atoms with Gasteiger partial charge in [0.05, 0.1) is 18.3 Å². The van der Waals surface area contributed by atoms with Gasteiger partial charge >= 0.3 is 0 Å². The summed E-state index contributed by atoms with van der Waals surface area (Å²) in [5.74, 6) is -2.23. The fourth-order valence-electron chi connectivity index (χ4n) is 1.53. The SMILES string of the molecule is CC(C[CH]C(=O)NC(CCC(=O)N(C)C)C(=O)CCl)C(N)=O. The number of rotatable bonds is 10. The summed E-state index contributed by atoms with van der Waals surface area (Å²) in [5.41, 5.74) is 5.10. The van der Waals surface area contributed by atoms with Crippen LogP contribution in [0.1, 0.15) is 26.2 Å². The smallest absolute Gasteiger partial charge is 0.224 e. The maximum atomic E-state index is 11.8. The van der Waals surface area contributed by atoms with Crippen LogP contribution in [-0.2, 0) is 19.2 Å². The average Bonchev–Trinajstić information content (AvgIpc) is 2.47. The predicted octanol–water partition coefficient (Wildman–Crippen LogP) is -0.137. The molecule has 22 heavy (non-hydrogen) atoms. The van der Waals surface area contributed by atoms with Crippen LogP contribution >= 0.6 is 11.6 Å². The quantitative estimate of drug-likeness (QED) is 0.543. The van der Waals surface area contributed by atoms with E-state index >= 15 is 0 Å². The minimum Gasteiger partial charge on any atom is -0.369 e. The maximum absolute atomic E-state index is 11.8. The number of nitrogens with zero attached hydrogens (tertiary/aromatic N) is 1. The zero-order valence-corrected chi connectivity index (χ0v) is 13.9. The standard InChI is InChI=1S/C14H23ClN3O4/c1-9(14(16)22)4-6-12(20)17-10(11(19)8-15)5-7-13(21)18(2)3/h6,9-10H,4-5,7-8H2,1-3H3,(H2,16,22)(H,17,20). The van der Waals surface area contributed by atoms with Gasteiger partial charge in [-0.2, -0.15) is 0 Å². The summed E-state index contributed by atoms with van der Waals surface area (Å²) in [6, 6.07) is -0.825. The van der Waals surface area contributed by atoms with Gasteiger partial charge in [-0.15, -0.1) is 11.6 Å². The van der Waals surface area contributed by atoms with Crippen molar-refractivity contribution >= 4 is 35.1 Å². The number of nitrogens with one attached hydrogen (secondary N) is 1. The molecule has 7 nitrogen and oxygen atoms in total. The summed E-state index contributed by atoms with van der Waals surface area (Å²) in [4.78, 5) is 47.3. The highest BCUT2D eigenvalue weighted by atomic mass is 35.5. The Bertz CT molecular complexity index is 426. The molecule has 0 rings (SSSR count). The number of nitrogens with two attached hydrogens (primary N) is 1. The lowest BCUT2D eigenvalue weighted by atomic mass is 10.0. The molecule has 1 radical (unpaired) electrons. The second-order valence-corrected chi connectivity index (χ2v) is 5.50. The zero-order valence-electron chi connectivity index (χ0n) is 13.1. The largest absolute Gasteiger partial charge is 0.369 e. The molecule has 3 amide bonds. The molecule has 0 aliphatic rings. The van der Waals surface area contributed by atoms with Gasteiger partial charge < -0.3 is 16.0 Å². The number of hydrogen-bond donors (Lipinski definition) is 2. The molecule has 0 aromatic carbocycles. The topological polar surface area (TPSA) is 110 Å². The normalized spacial score (nSPS) is 13.1. The van der Waals surface area contributed by atoms with Gasteiger partial charge in [0.15, 0.2) is 5.78 Å². The number of hydrogen-bond acceptors (Lipinski definition) is 4. The minimum absolute atomic E-state index is 0.123. The Morgan fingerprint density at radius 2 is 1.86 bits per heavy atom. The van der Waals surface area contributed by atoms with Crippen molar-refractivity contribution in [3.05, 3.63) is 6.42 Å². The van der Waals surface area contributed by atoms with Crippen LogP contribution in [0.25, 0.3) is 0 Å². The van der Waals surface area contributed by atoms with Crippen molar-refractivity contribution in [2.45, 2.75) is 32.2 Å². The Labute approximate surface area is 135 Å². The summed E-state index contributed by atoms with van der Waals surface area (Å²) >= 11 is 5.51. The van der Waals surface area contributed by atoms with Crippen LogP contribution in [0.5, 0.6) is 0 Å². The monoisotopic (exact) mass is 332 g/mol. The van der Waals surface area contributed by atoms with E-state index in [2.05, 4.69) is 5.32 Å². The lowest BCUT2D eigenvalue weighted by Crippen LogP contribution is -2.42. The molecule has 0 aliphatic heterocycles. The molecule has 0 saturated heterocycles. The number of ketones is 1. The van der Waals surface area contributed by atoms with E-state index in [9.17, 15) is 19.2 Å². The highest BCUT2D eigenvalue weighted by Crippen LogP contribution is 2.06. The van der Waals surface area contributed by atoms with Crippen molar-refractivity contribution in [1.29, 1.82) is 0 Å². The van der Waals surface area contributed by atoms with E-state index in [0.29, 0.717) is 0 Å². The summed E-state index contributed by atoms with van der Waals surface area (Å²) in [5, 5.41) is 2.50. The number of Topliss-reactive ketones (excluding diaryl/α,β-unsaturated/α-hetero) is 1. The molecule has 0 fully saturated rings. The Morgan fingerprint density at radius 1 is 1.27 bits per heavy atom. The van der Waals surface area contributed by atoms with E-state index in [4.69, 9.17) is 17.3 Å². The van der Waals surface area contributed by atoms with Crippen LogP contribution in [0.15, 0.2) is 0 Å². The zero-order chi connectivity index (χ0) is 17.3. The first kappa shape index (κ1) is 20.4. The number of alkyl halides is 1. The Morgan fingerprint density at radius 3 is 2.32 bits per heavy atom. The summed E-state index contributed by atoms with van der Waals surface area (Å²) in [6.07, 6.45) is 1.74. The second-order valence-electron chi connectivity index (χ2n) is 5.23. The van der Waals surface area contributed by atoms with Crippen molar-refractivity contribution in [3.63, 3.8) is 0 Å². The molecule has 8 heteroatoms. The first-order chi connectivity index (χ1) is 10.2. The van der Waals surface area contributed by atoms with Gasteiger partial charge in [0.2, 0.25) is 17.7 Å². The average molecular weight is 333 g/mol. The highest BCUT2D eigenvalue weighted by Gasteiger charge is 2.22. The molecule has 125 valence electrons. The van der Waals surface area contributed by atoms with Crippen molar-refractivity contribution < 1.29 is 19.2 Å². The Kier molecular flexibility index (Phi) is 9.40. The molecular weight excluding hydrogens is 310 g/mol. The van der Waals surface area contributed by atoms with E-state index in [1.807, 2.05) is 0 Å². The van der Waals surface area contributed by atoms with Gasteiger partial charge in [-0.3, -0.25) is 19.2 Å². The van der Waals surface area contributed by atoms with Crippen molar-refractivity contribution in [2.24, 2.45) is 11.7 Å². The van der Waals surface area contributed by atoms with Crippen LogP contribution in [0.4, 0.5) is 0 Å². The van der Waals surface area contributed by atoms with Crippen LogP contribution in [0.3, 0.4) is 0 Å². The third-order valence-corrected chi connectivity index (χ3v) is 3.39. The van der Waals surface area contributed by atoms with Gasteiger partial charge in [0.1, 0.15) is 0 Å². The van der Waals surface area contributed by atoms with Gasteiger partial charge in [-0.1, -0.05) is 6.92 Å². The van der Waals surface area contributed by atoms with Crippen LogP contribution < -0.4 is 11.1 Å². The molecule has 2 atom stereocenters. The number of halogens is 1. The summed E-state index contributed by atoms with van der Waals surface area (Å²) < 4.78 is 0. The molecule has 0 bridgehead atoms. The fourth-order valence-corrected chi connectivity index (χ4v) is 1.72. The molecule has 0 aliphatic carbocycles. The molecule has 0 saturated carbocycles. The number of primary amides is 1. The molecule has 0 aromatic rings. The molecular formula is C14H23ClN3O4. The van der Waals surface area contributed by atoms with Gasteiger partial charge in [0.25, 0.3) is 0 Å². The molecule has 2 unspecified atom stereocenters. The van der Waals surface area contributed by atoms with E-state index < -0.39 is 23.8 Å². The number of amides is 3. The number of carbonyl (C=O) groups is 4. The number of carbonyl (C=O) groups excluding carboxylic acids is 4. The van der Waals surface area contributed by atoms with Gasteiger partial charge in [-0.05, 0) is 12.8 Å². The van der Waals surface area contributed by atoms with Gasteiger partial charge in [0, 0.05) is 26.4 Å². The van der Waals surface area contributed by atoms with E-state index in [0.717, 1.165) is 0 Å². The lowest BCUT2D eigenvalue weighted by Gasteiger charge is -2.18. The maximum Gasteiger partial charge on any atom is 0.224 e. The van der Waals surface area contributed by atoms with Crippen molar-refractivity contribution in [1.82, 2.24) is 10.2 Å². The van der Waals surface area contributed by atoms with E-state index in [-0.39, 0.29) is 36.8 Å². The summed E-state index contributed by atoms with van der Waals surface area (Å²) in [7, 11) is 3.22. The summed E-state index contributed by atoms with van der Waals surface area (Å²) in [6.45, 7) is 1.60. The van der Waals surface area contributed by atoms with Crippen LogP contribution in [0.2, 0.25) is 0 Å². The highest BCUT2D eigenvalue weighted by molar-refractivity contribution is 6.28. The molecule has 0 spiro atoms. The third kappa shape index (κ3) is 7.97. The predicted molar refractivity (Wildman–Crippen MR) is 82.9 cm³/mol. The first-order valence-electron chi connectivity index (χ1n) is 6.90. The second kappa shape index (κ2) is 10.2. The molecule has 3 N–H and O–H groups in total. The van der Waals surface area contributed by atoms with Crippen molar-refractivity contribution in [3.8, 4) is 0 Å². The van der Waals surface area contributed by atoms with Crippen LogP contribution in [0, 0.1) is 12.3 Å². The first-order valence-corrected chi connectivity index (χ1v) is 7.44. The Hall–Kier alpha value is -1.63. The molecule has 0 aromatic heterocycles. The molecule has 0 heterocycles. The van der Waals surface area contributed by atoms with E-state index in [1.165, 1.54) is 11.3 Å². The Balaban J connectivity index is 4.46. The fraction of sp³-hybridized carbons (Fsp3) is 0.643. The van der Waals surface area contributed by atoms with Crippen LogP contribution in [-0.4, -0.2) is 54.4 Å². The minimum atomic E-state index is -0.825. The lowest BCUT2D eigenvalue weighted by molar-refractivity contribution is -0.130. The van der Waals surface area contributed by atoms with Crippen molar-refractivity contribution in [2.75, 3.05) is 20.0 Å².